The highest BCUT2D eigenvalue weighted by atomic mass is 35.5. The Balaban J connectivity index is 3.71. The van der Waals surface area contributed by atoms with Crippen LogP contribution in [-0.2, 0) is 0 Å². The van der Waals surface area contributed by atoms with Gasteiger partial charge >= 0.3 is 0 Å². The number of alkyl halides is 2. The van der Waals surface area contributed by atoms with Crippen molar-refractivity contribution in [3.05, 3.63) is 0 Å². The molecule has 0 amide bonds. The molecule has 0 N–H and O–H groups in total. The highest BCUT2D eigenvalue weighted by Crippen LogP contribution is 2.26. The molecule has 2 unspecified atom stereocenters. The first-order valence-electron chi connectivity index (χ1n) is 2.83. The fourth-order valence-corrected chi connectivity index (χ4v) is 1.31. The molecule has 0 heterocycles. The summed E-state index contributed by atoms with van der Waals surface area (Å²) in [5, 5.41) is 0.0849. The van der Waals surface area contributed by atoms with E-state index in [4.69, 9.17) is 23.2 Å². The van der Waals surface area contributed by atoms with Crippen molar-refractivity contribution in [3.63, 3.8) is 0 Å². The van der Waals surface area contributed by atoms with Crippen LogP contribution in [0.15, 0.2) is 0 Å². The van der Waals surface area contributed by atoms with E-state index in [9.17, 15) is 0 Å². The largest absolute Gasteiger partial charge is 0.121 e. The molecule has 0 aromatic heterocycles. The predicted octanol–water partition coefficient (Wildman–Crippen LogP) is 1.39. The van der Waals surface area contributed by atoms with Gasteiger partial charge in [0.05, 0.1) is 4.87 Å². The van der Waals surface area contributed by atoms with Crippen LogP contribution in [0.5, 0.6) is 0 Å². The second-order valence-electron chi connectivity index (χ2n) is 2.25. The Morgan fingerprint density at radius 3 is 2.12 bits per heavy atom. The summed E-state index contributed by atoms with van der Waals surface area (Å²) in [7, 11) is 1.13. The third-order valence-corrected chi connectivity index (χ3v) is 4.63. The summed E-state index contributed by atoms with van der Waals surface area (Å²) in [6, 6.07) is 1.05. The van der Waals surface area contributed by atoms with Crippen molar-refractivity contribution < 1.29 is 0 Å². The van der Waals surface area contributed by atoms with Crippen LogP contribution in [0, 0.1) is 0 Å². The molecule has 0 saturated heterocycles. The topological polar surface area (TPSA) is 0 Å². The highest BCUT2D eigenvalue weighted by Gasteiger charge is 2.23. The van der Waals surface area contributed by atoms with Crippen LogP contribution < -0.4 is 0 Å². The Labute approximate surface area is 64.0 Å². The predicted molar refractivity (Wildman–Crippen MR) is 44.3 cm³/mol. The van der Waals surface area contributed by atoms with E-state index in [1.165, 1.54) is 0 Å². The van der Waals surface area contributed by atoms with Crippen molar-refractivity contribution in [3.8, 4) is 0 Å². The second kappa shape index (κ2) is 3.09. The van der Waals surface area contributed by atoms with Crippen LogP contribution in [0.4, 0.5) is 0 Å². The minimum Gasteiger partial charge on any atom is -0.121 e. The van der Waals surface area contributed by atoms with Gasteiger partial charge in [-0.25, -0.2) is 0 Å². The molecule has 2 atom stereocenters. The lowest BCUT2D eigenvalue weighted by atomic mass is 10.1. The molecular weight excluding hydrogens is 159 g/mol. The van der Waals surface area contributed by atoms with Gasteiger partial charge in [0, 0.05) is 15.6 Å². The fraction of sp³-hybridized carbons (Fsp3) is 1.00. The lowest BCUT2D eigenvalue weighted by Crippen LogP contribution is -2.25. The van der Waals surface area contributed by atoms with Gasteiger partial charge in [-0.1, -0.05) is 0 Å². The first-order chi connectivity index (χ1) is 3.50. The first-order valence-corrected chi connectivity index (χ1v) is 5.06. The average Bonchev–Trinajstić information content (AvgIpc) is 1.67. The van der Waals surface area contributed by atoms with E-state index in [0.717, 1.165) is 16.3 Å². The summed E-state index contributed by atoms with van der Waals surface area (Å²) >= 11 is 11.7. The van der Waals surface area contributed by atoms with Crippen LogP contribution in [0.2, 0.25) is 6.04 Å². The minimum absolute atomic E-state index is 0.0849. The summed E-state index contributed by atoms with van der Waals surface area (Å²) in [5.41, 5.74) is 0. The van der Waals surface area contributed by atoms with Crippen LogP contribution >= 0.6 is 23.2 Å². The van der Waals surface area contributed by atoms with Gasteiger partial charge in [0.25, 0.3) is 0 Å². The molecule has 0 aromatic carbocycles. The van der Waals surface area contributed by atoms with Gasteiger partial charge in [-0.05, 0) is 19.9 Å². The van der Waals surface area contributed by atoms with Gasteiger partial charge in [0.2, 0.25) is 0 Å². The minimum atomic E-state index is -0.159. The maximum absolute atomic E-state index is 5.96. The summed E-state index contributed by atoms with van der Waals surface area (Å²) in [6.07, 6.45) is 0. The molecule has 0 aliphatic heterocycles. The second-order valence-corrected chi connectivity index (χ2v) is 4.47. The summed E-state index contributed by atoms with van der Waals surface area (Å²) in [4.78, 5) is -0.159. The third kappa shape index (κ3) is 2.38. The van der Waals surface area contributed by atoms with Crippen molar-refractivity contribution in [1.82, 2.24) is 0 Å². The number of rotatable bonds is 2. The SMILES string of the molecule is CC(Cl)C(C)(Cl)C[SiH3]. The van der Waals surface area contributed by atoms with Crippen LogP contribution in [0.25, 0.3) is 0 Å². The highest BCUT2D eigenvalue weighted by molar-refractivity contribution is 6.34. The van der Waals surface area contributed by atoms with E-state index >= 15 is 0 Å². The van der Waals surface area contributed by atoms with Gasteiger partial charge < -0.3 is 0 Å². The van der Waals surface area contributed by atoms with Crippen LogP contribution in [0.3, 0.4) is 0 Å². The Bertz CT molecular complexity index is 70.8. The molecular formula is C5H12Cl2Si. The molecule has 0 fully saturated rings. The molecule has 0 rings (SSSR count). The monoisotopic (exact) mass is 170 g/mol. The number of hydrogen-bond acceptors (Lipinski definition) is 0. The molecule has 0 aliphatic rings. The average molecular weight is 171 g/mol. The van der Waals surface area contributed by atoms with E-state index in [0.29, 0.717) is 0 Å². The number of halogens is 2. The fourth-order valence-electron chi connectivity index (χ4n) is 0.281. The summed E-state index contributed by atoms with van der Waals surface area (Å²) < 4.78 is 0. The molecule has 0 aliphatic carbocycles. The standard InChI is InChI=1S/C5H12Cl2Si/c1-4(6)5(2,7)3-8/h4H,3H2,1-2,8H3. The van der Waals surface area contributed by atoms with Crippen molar-refractivity contribution in [1.29, 1.82) is 0 Å². The molecule has 50 valence electrons. The Hall–Kier alpha value is 0.797. The Kier molecular flexibility index (Phi) is 3.40. The molecule has 3 heteroatoms. The molecule has 0 spiro atoms. The zero-order valence-corrected chi connectivity index (χ0v) is 9.05. The Morgan fingerprint density at radius 2 is 2.12 bits per heavy atom. The van der Waals surface area contributed by atoms with E-state index in [-0.39, 0.29) is 10.3 Å². The van der Waals surface area contributed by atoms with Gasteiger partial charge in [0.1, 0.15) is 0 Å². The van der Waals surface area contributed by atoms with E-state index in [1.807, 2.05) is 13.8 Å². The third-order valence-electron chi connectivity index (χ3n) is 1.52. The van der Waals surface area contributed by atoms with Gasteiger partial charge in [-0.3, -0.25) is 0 Å². The van der Waals surface area contributed by atoms with Gasteiger partial charge in [0.15, 0.2) is 0 Å². The van der Waals surface area contributed by atoms with Crippen LogP contribution in [0.1, 0.15) is 13.8 Å². The summed E-state index contributed by atoms with van der Waals surface area (Å²) in [6.45, 7) is 3.92. The van der Waals surface area contributed by atoms with E-state index < -0.39 is 0 Å². The van der Waals surface area contributed by atoms with E-state index in [2.05, 4.69) is 0 Å². The zero-order valence-electron chi connectivity index (χ0n) is 5.54. The van der Waals surface area contributed by atoms with Crippen molar-refractivity contribution >= 4 is 33.4 Å². The molecule has 0 nitrogen and oxygen atoms in total. The lowest BCUT2D eigenvalue weighted by Gasteiger charge is -2.22. The smallest absolute Gasteiger partial charge is 0.0548 e. The molecule has 0 bridgehead atoms. The number of hydrogen-bond donors (Lipinski definition) is 0. The molecule has 0 saturated carbocycles. The van der Waals surface area contributed by atoms with Gasteiger partial charge in [-0.15, -0.1) is 23.2 Å². The quantitative estimate of drug-likeness (QED) is 0.435. The molecule has 0 radical (unpaired) electrons. The van der Waals surface area contributed by atoms with Crippen molar-refractivity contribution in [2.24, 2.45) is 0 Å². The first kappa shape index (κ1) is 8.80. The van der Waals surface area contributed by atoms with Gasteiger partial charge in [-0.2, -0.15) is 0 Å². The molecule has 0 aromatic rings. The van der Waals surface area contributed by atoms with Crippen LogP contribution in [-0.4, -0.2) is 20.5 Å². The Morgan fingerprint density at radius 1 is 1.75 bits per heavy atom. The zero-order chi connectivity index (χ0) is 6.78. The van der Waals surface area contributed by atoms with Crippen molar-refractivity contribution in [2.75, 3.05) is 0 Å². The maximum atomic E-state index is 5.96. The van der Waals surface area contributed by atoms with Crippen molar-refractivity contribution in [2.45, 2.75) is 30.1 Å². The molecule has 8 heavy (non-hydrogen) atoms. The van der Waals surface area contributed by atoms with E-state index in [1.54, 1.807) is 0 Å². The summed E-state index contributed by atoms with van der Waals surface area (Å²) in [5.74, 6) is 0. The lowest BCUT2D eigenvalue weighted by molar-refractivity contribution is 0.679. The maximum Gasteiger partial charge on any atom is 0.0548 e. The normalized spacial score (nSPS) is 22.5.